The van der Waals surface area contributed by atoms with E-state index in [0.717, 1.165) is 0 Å². The summed E-state index contributed by atoms with van der Waals surface area (Å²) < 4.78 is 0. The zero-order chi connectivity index (χ0) is 8.15. The van der Waals surface area contributed by atoms with Gasteiger partial charge in [-0.05, 0) is 0 Å². The normalized spacial score (nSPS) is 12.1. The number of hydrogen-bond acceptors (Lipinski definition) is 3. The molecular weight excluding hydrogens is 137 g/mol. The van der Waals surface area contributed by atoms with Crippen LogP contribution in [-0.4, -0.2) is 42.5 Å². The minimum atomic E-state index is -1.32. The van der Waals surface area contributed by atoms with Gasteiger partial charge in [0.15, 0.2) is 5.81 Å². The highest BCUT2D eigenvalue weighted by Crippen LogP contribution is 1.80. The lowest BCUT2D eigenvalue weighted by atomic mass is 10.1. The van der Waals surface area contributed by atoms with Crippen LogP contribution in [0.1, 0.15) is 0 Å². The molecule has 0 saturated heterocycles. The molecule has 0 heterocycles. The number of rotatable bonds is 3. The van der Waals surface area contributed by atoms with Crippen molar-refractivity contribution >= 4 is 19.6 Å². The van der Waals surface area contributed by atoms with Crippen LogP contribution in [0, 0.1) is 0 Å². The fourth-order valence-electron chi connectivity index (χ4n) is 0.357. The maximum absolute atomic E-state index is 10.0. The second-order valence-electron chi connectivity index (χ2n) is 1.58. The molecule has 0 spiro atoms. The van der Waals surface area contributed by atoms with Crippen LogP contribution < -0.4 is 5.32 Å². The van der Waals surface area contributed by atoms with Crippen LogP contribution >= 0.6 is 0 Å². The molecule has 0 saturated carbocycles. The summed E-state index contributed by atoms with van der Waals surface area (Å²) in [6.45, 7) is -0.668. The third-order valence-electron chi connectivity index (χ3n) is 0.797. The van der Waals surface area contributed by atoms with Gasteiger partial charge in [-0.3, -0.25) is 4.79 Å². The van der Waals surface area contributed by atoms with Crippen LogP contribution in [0.15, 0.2) is 0 Å². The van der Waals surface area contributed by atoms with Crippen molar-refractivity contribution in [3.63, 3.8) is 0 Å². The molecule has 0 fully saturated rings. The van der Waals surface area contributed by atoms with Crippen LogP contribution in [0.25, 0.3) is 0 Å². The lowest BCUT2D eigenvalue weighted by Crippen LogP contribution is -2.42. The van der Waals surface area contributed by atoms with Gasteiger partial charge in [0.05, 0.1) is 6.61 Å². The summed E-state index contributed by atoms with van der Waals surface area (Å²) in [5.74, 6) is -2.29. The number of aliphatic carboxylic acids is 1. The molecule has 10 heavy (non-hydrogen) atoms. The highest BCUT2D eigenvalue weighted by atomic mass is 16.4. The van der Waals surface area contributed by atoms with Gasteiger partial charge >= 0.3 is 5.97 Å². The van der Waals surface area contributed by atoms with Crippen LogP contribution in [0.5, 0.6) is 0 Å². The molecular formula is C4H6BNO4. The summed E-state index contributed by atoms with van der Waals surface area (Å²) in [7, 11) is 4.58. The molecule has 0 aromatic carbocycles. The maximum atomic E-state index is 10.0. The lowest BCUT2D eigenvalue weighted by Gasteiger charge is -2.08. The van der Waals surface area contributed by atoms with E-state index in [4.69, 9.17) is 10.2 Å². The summed E-state index contributed by atoms with van der Waals surface area (Å²) in [6, 6.07) is -1.31. The van der Waals surface area contributed by atoms with Crippen LogP contribution in [0.3, 0.4) is 0 Å². The van der Waals surface area contributed by atoms with Gasteiger partial charge in [0.2, 0.25) is 7.85 Å². The summed E-state index contributed by atoms with van der Waals surface area (Å²) in [6.07, 6.45) is 0. The van der Waals surface area contributed by atoms with E-state index in [2.05, 4.69) is 7.85 Å². The van der Waals surface area contributed by atoms with E-state index in [-0.39, 0.29) is 0 Å². The number of carboxylic acid groups (broad SMARTS) is 1. The zero-order valence-corrected chi connectivity index (χ0v) is 5.07. The number of nitrogens with one attached hydrogen (secondary N) is 1. The molecule has 0 aliphatic rings. The molecule has 6 heteroatoms. The first-order valence-corrected chi connectivity index (χ1v) is 2.47. The fraction of sp³-hybridized carbons (Fsp3) is 0.500. The van der Waals surface area contributed by atoms with Crippen molar-refractivity contribution in [2.75, 3.05) is 6.61 Å². The van der Waals surface area contributed by atoms with Crippen molar-refractivity contribution in [2.24, 2.45) is 0 Å². The number of carbonyl (C=O) groups is 2. The van der Waals surface area contributed by atoms with Crippen molar-refractivity contribution in [1.29, 1.82) is 0 Å². The van der Waals surface area contributed by atoms with Gasteiger partial charge in [-0.25, -0.2) is 4.79 Å². The Morgan fingerprint density at radius 2 is 2.10 bits per heavy atom. The van der Waals surface area contributed by atoms with E-state index in [9.17, 15) is 9.59 Å². The van der Waals surface area contributed by atoms with Crippen molar-refractivity contribution in [3.8, 4) is 0 Å². The van der Waals surface area contributed by atoms with Crippen molar-refractivity contribution in [3.05, 3.63) is 0 Å². The number of carbonyl (C=O) groups excluding carboxylic acids is 1. The molecule has 3 N–H and O–H groups in total. The quantitative estimate of drug-likeness (QED) is 0.411. The topological polar surface area (TPSA) is 86.6 Å². The second-order valence-corrected chi connectivity index (χ2v) is 1.58. The Balaban J connectivity index is 3.83. The summed E-state index contributed by atoms with van der Waals surface area (Å²) in [5.41, 5.74) is 0. The molecule has 5 nitrogen and oxygen atoms in total. The van der Waals surface area contributed by atoms with Gasteiger partial charge in [-0.15, -0.1) is 0 Å². The zero-order valence-electron chi connectivity index (χ0n) is 5.07. The summed E-state index contributed by atoms with van der Waals surface area (Å²) >= 11 is 0. The largest absolute Gasteiger partial charge is 0.480 e. The van der Waals surface area contributed by atoms with E-state index >= 15 is 0 Å². The van der Waals surface area contributed by atoms with E-state index < -0.39 is 24.4 Å². The highest BCUT2D eigenvalue weighted by Gasteiger charge is 2.15. The highest BCUT2D eigenvalue weighted by molar-refractivity contribution is 6.57. The molecule has 0 aromatic rings. The van der Waals surface area contributed by atoms with E-state index in [1.807, 2.05) is 5.32 Å². The first-order chi connectivity index (χ1) is 4.57. The van der Waals surface area contributed by atoms with Gasteiger partial charge in [0.1, 0.15) is 6.04 Å². The van der Waals surface area contributed by atoms with Crippen molar-refractivity contribution in [1.82, 2.24) is 5.32 Å². The summed E-state index contributed by atoms with van der Waals surface area (Å²) in [5, 5.41) is 18.3. The molecule has 0 aliphatic heterocycles. The number of aliphatic hydroxyl groups is 1. The molecule has 1 amide bonds. The third-order valence-corrected chi connectivity index (χ3v) is 0.797. The molecule has 1 atom stereocenters. The predicted molar refractivity (Wildman–Crippen MR) is 32.8 cm³/mol. The van der Waals surface area contributed by atoms with Crippen LogP contribution in [-0.2, 0) is 4.79 Å². The average molecular weight is 143 g/mol. The Hall–Kier alpha value is -1.04. The molecule has 2 radical (unpaired) electrons. The minimum Gasteiger partial charge on any atom is -0.480 e. The number of hydrogen-bond donors (Lipinski definition) is 3. The maximum Gasteiger partial charge on any atom is 0.328 e. The van der Waals surface area contributed by atoms with Gasteiger partial charge in [-0.1, -0.05) is 0 Å². The number of aliphatic hydroxyl groups excluding tert-OH is 1. The Bertz CT molecular complexity index is 148. The first-order valence-electron chi connectivity index (χ1n) is 2.47. The van der Waals surface area contributed by atoms with Gasteiger partial charge in [-0.2, -0.15) is 0 Å². The van der Waals surface area contributed by atoms with Crippen molar-refractivity contribution < 1.29 is 19.8 Å². The first kappa shape index (κ1) is 8.96. The van der Waals surface area contributed by atoms with E-state index in [0.29, 0.717) is 0 Å². The lowest BCUT2D eigenvalue weighted by molar-refractivity contribution is -0.140. The minimum absolute atomic E-state index is 0.668. The molecule has 54 valence electrons. The van der Waals surface area contributed by atoms with Crippen LogP contribution in [0.2, 0.25) is 0 Å². The van der Waals surface area contributed by atoms with Gasteiger partial charge in [0.25, 0.3) is 0 Å². The number of amides is 1. The Morgan fingerprint density at radius 3 is 2.20 bits per heavy atom. The van der Waals surface area contributed by atoms with Gasteiger partial charge < -0.3 is 15.5 Å². The summed E-state index contributed by atoms with van der Waals surface area (Å²) in [4.78, 5) is 20.0. The predicted octanol–water partition coefficient (Wildman–Crippen LogP) is -1.69. The Kier molecular flexibility index (Phi) is 3.49. The van der Waals surface area contributed by atoms with Crippen molar-refractivity contribution in [2.45, 2.75) is 6.04 Å². The smallest absolute Gasteiger partial charge is 0.328 e. The molecule has 0 aliphatic carbocycles. The second kappa shape index (κ2) is 3.89. The standard InChI is InChI=1S/C4H6BNO4/c5-4(10)6-2(1-7)3(8)9/h2,7H,1H2,(H,6,10)(H,8,9)/t2-/m0/s1. The third kappa shape index (κ3) is 3.08. The van der Waals surface area contributed by atoms with Gasteiger partial charge in [0, 0.05) is 0 Å². The Labute approximate surface area is 58.4 Å². The average Bonchev–Trinajstić information content (AvgIpc) is 1.81. The van der Waals surface area contributed by atoms with E-state index in [1.54, 1.807) is 0 Å². The fourth-order valence-corrected chi connectivity index (χ4v) is 0.357. The van der Waals surface area contributed by atoms with Crippen LogP contribution in [0.4, 0.5) is 4.79 Å². The Morgan fingerprint density at radius 1 is 1.60 bits per heavy atom. The van der Waals surface area contributed by atoms with E-state index in [1.165, 1.54) is 0 Å². The molecule has 0 unspecified atom stereocenters. The molecule has 0 aromatic heterocycles. The number of carboxylic acids is 1. The molecule has 0 rings (SSSR count). The SMILES string of the molecule is [B]C(=O)N[C@@H](CO)C(=O)O. The monoisotopic (exact) mass is 143 g/mol. The molecule has 0 bridgehead atoms.